The molecule has 1 atom stereocenters. The Labute approximate surface area is 118 Å². The summed E-state index contributed by atoms with van der Waals surface area (Å²) in [5.74, 6) is 1.45. The van der Waals surface area contributed by atoms with E-state index in [1.807, 2.05) is 6.07 Å². The molecule has 0 saturated carbocycles. The van der Waals surface area contributed by atoms with Crippen molar-refractivity contribution in [3.8, 4) is 6.07 Å². The van der Waals surface area contributed by atoms with Crippen molar-refractivity contribution >= 4 is 11.8 Å². The molecule has 19 heavy (non-hydrogen) atoms. The summed E-state index contributed by atoms with van der Waals surface area (Å²) in [4.78, 5) is 2.41. The molecule has 0 amide bonds. The van der Waals surface area contributed by atoms with Crippen LogP contribution in [-0.2, 0) is 6.42 Å². The van der Waals surface area contributed by atoms with Gasteiger partial charge in [0.25, 0.3) is 0 Å². The molecule has 102 valence electrons. The van der Waals surface area contributed by atoms with E-state index < -0.39 is 0 Å². The van der Waals surface area contributed by atoms with Crippen molar-refractivity contribution < 1.29 is 4.39 Å². The minimum absolute atomic E-state index is 0.142. The molecule has 1 aromatic carbocycles. The molecule has 1 unspecified atom stereocenters. The molecule has 0 bridgehead atoms. The predicted molar refractivity (Wildman–Crippen MR) is 77.6 cm³/mol. The van der Waals surface area contributed by atoms with Gasteiger partial charge in [0.15, 0.2) is 0 Å². The van der Waals surface area contributed by atoms with E-state index in [-0.39, 0.29) is 5.82 Å². The van der Waals surface area contributed by atoms with Crippen molar-refractivity contribution in [1.29, 1.82) is 5.26 Å². The van der Waals surface area contributed by atoms with Gasteiger partial charge in [-0.1, -0.05) is 6.07 Å². The van der Waals surface area contributed by atoms with Crippen LogP contribution in [0.15, 0.2) is 18.2 Å². The maximum atomic E-state index is 13.3. The Morgan fingerprint density at radius 3 is 3.16 bits per heavy atom. The Balaban J connectivity index is 1.90. The SMILES string of the molecule is CC1c2cc(F)ccc2CCN1CCCSCC#N. The van der Waals surface area contributed by atoms with Gasteiger partial charge in [-0.25, -0.2) is 4.39 Å². The van der Waals surface area contributed by atoms with Crippen LogP contribution < -0.4 is 0 Å². The van der Waals surface area contributed by atoms with E-state index in [2.05, 4.69) is 17.9 Å². The fourth-order valence-electron chi connectivity index (χ4n) is 2.63. The molecule has 0 N–H and O–H groups in total. The molecule has 1 aromatic rings. The van der Waals surface area contributed by atoms with Gasteiger partial charge in [0.1, 0.15) is 5.82 Å². The third-order valence-electron chi connectivity index (χ3n) is 3.67. The van der Waals surface area contributed by atoms with Crippen LogP contribution in [0.4, 0.5) is 4.39 Å². The lowest BCUT2D eigenvalue weighted by atomic mass is 9.93. The molecule has 0 saturated heterocycles. The summed E-state index contributed by atoms with van der Waals surface area (Å²) in [6, 6.07) is 7.58. The van der Waals surface area contributed by atoms with Crippen LogP contribution in [0.25, 0.3) is 0 Å². The lowest BCUT2D eigenvalue weighted by Gasteiger charge is -2.35. The number of hydrogen-bond donors (Lipinski definition) is 0. The molecule has 4 heteroatoms. The van der Waals surface area contributed by atoms with Crippen LogP contribution >= 0.6 is 11.8 Å². The molecule has 0 spiro atoms. The van der Waals surface area contributed by atoms with E-state index in [1.165, 1.54) is 5.56 Å². The van der Waals surface area contributed by atoms with E-state index in [4.69, 9.17) is 5.26 Å². The predicted octanol–water partition coefficient (Wildman–Crippen LogP) is 3.39. The van der Waals surface area contributed by atoms with Crippen LogP contribution in [0, 0.1) is 17.1 Å². The molecule has 1 heterocycles. The molecule has 0 aliphatic carbocycles. The molecule has 0 fully saturated rings. The standard InChI is InChI=1S/C15H19FN2S/c1-12-15-11-14(16)4-3-13(15)5-8-18(12)7-2-9-19-10-6-17/h3-4,11-12H,2,5,7-10H2,1H3. The molecule has 0 radical (unpaired) electrons. The van der Waals surface area contributed by atoms with Crippen molar-refractivity contribution in [2.24, 2.45) is 0 Å². The zero-order valence-corrected chi connectivity index (χ0v) is 12.0. The molecule has 1 aliphatic rings. The number of fused-ring (bicyclic) bond motifs is 1. The number of hydrogen-bond acceptors (Lipinski definition) is 3. The van der Waals surface area contributed by atoms with Crippen molar-refractivity contribution in [2.75, 3.05) is 24.6 Å². The molecule has 1 aliphatic heterocycles. The van der Waals surface area contributed by atoms with Gasteiger partial charge in [0.2, 0.25) is 0 Å². The van der Waals surface area contributed by atoms with E-state index in [1.54, 1.807) is 23.9 Å². The van der Waals surface area contributed by atoms with Gasteiger partial charge >= 0.3 is 0 Å². The Morgan fingerprint density at radius 1 is 1.53 bits per heavy atom. The topological polar surface area (TPSA) is 27.0 Å². The van der Waals surface area contributed by atoms with E-state index >= 15 is 0 Å². The molecular formula is C15H19FN2S. The number of halogens is 1. The number of nitrogens with zero attached hydrogens (tertiary/aromatic N) is 2. The van der Waals surface area contributed by atoms with Crippen molar-refractivity contribution in [2.45, 2.75) is 25.8 Å². The maximum absolute atomic E-state index is 13.3. The fraction of sp³-hybridized carbons (Fsp3) is 0.533. The number of rotatable bonds is 5. The molecular weight excluding hydrogens is 259 g/mol. The number of thioether (sulfide) groups is 1. The largest absolute Gasteiger partial charge is 0.296 e. The third kappa shape index (κ3) is 3.71. The van der Waals surface area contributed by atoms with E-state index in [0.717, 1.165) is 37.2 Å². The average molecular weight is 278 g/mol. The third-order valence-corrected chi connectivity index (χ3v) is 4.59. The van der Waals surface area contributed by atoms with Gasteiger partial charge in [0, 0.05) is 12.6 Å². The summed E-state index contributed by atoms with van der Waals surface area (Å²) >= 11 is 1.68. The normalized spacial score (nSPS) is 18.9. The second-order valence-corrected chi connectivity index (χ2v) is 5.97. The highest BCUT2D eigenvalue weighted by molar-refractivity contribution is 7.99. The van der Waals surface area contributed by atoms with E-state index in [0.29, 0.717) is 11.8 Å². The first-order chi connectivity index (χ1) is 9.22. The quantitative estimate of drug-likeness (QED) is 0.773. The van der Waals surface area contributed by atoms with Crippen LogP contribution in [0.1, 0.15) is 30.5 Å². The Hall–Kier alpha value is -1.05. The maximum Gasteiger partial charge on any atom is 0.123 e. The number of benzene rings is 1. The number of nitriles is 1. The summed E-state index contributed by atoms with van der Waals surface area (Å²) in [5.41, 5.74) is 2.42. The lowest BCUT2D eigenvalue weighted by molar-refractivity contribution is 0.199. The van der Waals surface area contributed by atoms with Gasteiger partial charge in [-0.05, 0) is 55.3 Å². The summed E-state index contributed by atoms with van der Waals surface area (Å²) in [6.45, 7) is 4.22. The Kier molecular flexibility index (Phi) is 5.24. The van der Waals surface area contributed by atoms with Crippen LogP contribution in [0.2, 0.25) is 0 Å². The Morgan fingerprint density at radius 2 is 2.37 bits per heavy atom. The summed E-state index contributed by atoms with van der Waals surface area (Å²) in [5, 5.41) is 8.47. The summed E-state index contributed by atoms with van der Waals surface area (Å²) in [7, 11) is 0. The zero-order chi connectivity index (χ0) is 13.7. The highest BCUT2D eigenvalue weighted by Crippen LogP contribution is 2.29. The first kappa shape index (κ1) is 14.4. The summed E-state index contributed by atoms with van der Waals surface area (Å²) < 4.78 is 13.3. The highest BCUT2D eigenvalue weighted by Gasteiger charge is 2.23. The van der Waals surface area contributed by atoms with Gasteiger partial charge in [0.05, 0.1) is 11.8 Å². The fourth-order valence-corrected chi connectivity index (χ4v) is 3.20. The average Bonchev–Trinajstić information content (AvgIpc) is 2.41. The summed E-state index contributed by atoms with van der Waals surface area (Å²) in [6.07, 6.45) is 2.09. The van der Waals surface area contributed by atoms with Gasteiger partial charge in [-0.2, -0.15) is 5.26 Å². The van der Waals surface area contributed by atoms with Crippen molar-refractivity contribution in [3.63, 3.8) is 0 Å². The molecule has 2 rings (SSSR count). The van der Waals surface area contributed by atoms with Crippen LogP contribution in [-0.4, -0.2) is 29.5 Å². The van der Waals surface area contributed by atoms with Crippen LogP contribution in [0.3, 0.4) is 0 Å². The lowest BCUT2D eigenvalue weighted by Crippen LogP contribution is -2.35. The van der Waals surface area contributed by atoms with E-state index in [9.17, 15) is 4.39 Å². The van der Waals surface area contributed by atoms with Crippen molar-refractivity contribution in [1.82, 2.24) is 4.90 Å². The molecule has 0 aromatic heterocycles. The van der Waals surface area contributed by atoms with Gasteiger partial charge in [-0.3, -0.25) is 4.90 Å². The smallest absolute Gasteiger partial charge is 0.123 e. The zero-order valence-electron chi connectivity index (χ0n) is 11.2. The van der Waals surface area contributed by atoms with Crippen LogP contribution in [0.5, 0.6) is 0 Å². The second kappa shape index (κ2) is 6.93. The second-order valence-electron chi connectivity index (χ2n) is 4.87. The van der Waals surface area contributed by atoms with Crippen molar-refractivity contribution in [3.05, 3.63) is 35.1 Å². The first-order valence-electron chi connectivity index (χ1n) is 6.69. The van der Waals surface area contributed by atoms with Gasteiger partial charge in [-0.15, -0.1) is 11.8 Å². The first-order valence-corrected chi connectivity index (χ1v) is 7.85. The minimum atomic E-state index is -0.142. The van der Waals surface area contributed by atoms with Gasteiger partial charge < -0.3 is 0 Å². The monoisotopic (exact) mass is 278 g/mol. The highest BCUT2D eigenvalue weighted by atomic mass is 32.2. The molecule has 2 nitrogen and oxygen atoms in total. The Bertz CT molecular complexity index is 470. The minimum Gasteiger partial charge on any atom is -0.296 e.